The topological polar surface area (TPSA) is 49.9 Å². The van der Waals surface area contributed by atoms with Gasteiger partial charge in [-0.3, -0.25) is 9.59 Å². The molecule has 4 rings (SSSR count). The molecule has 3 aromatic rings. The quantitative estimate of drug-likeness (QED) is 0.479. The maximum atomic E-state index is 13.7. The zero-order chi connectivity index (χ0) is 23.5. The zero-order valence-electron chi connectivity index (χ0n) is 19.5. The monoisotopic (exact) mass is 440 g/mol. The number of hydrogen-bond acceptors (Lipinski definition) is 4. The molecule has 3 aromatic carbocycles. The lowest BCUT2D eigenvalue weighted by atomic mass is 10.0. The molecule has 0 atom stereocenters. The SMILES string of the molecule is CCOc1ccc(C2=C(N(C)Cc3ccccc3)C(=O)N(c3ccc(C)cc3C)C2=O)cc1. The molecule has 1 heterocycles. The molecular formula is C28H28N2O3. The van der Waals surface area contributed by atoms with E-state index >= 15 is 0 Å². The van der Waals surface area contributed by atoms with Gasteiger partial charge in [0.05, 0.1) is 17.9 Å². The average molecular weight is 441 g/mol. The highest BCUT2D eigenvalue weighted by molar-refractivity contribution is 6.45. The summed E-state index contributed by atoms with van der Waals surface area (Å²) >= 11 is 0. The molecule has 5 heteroatoms. The maximum absolute atomic E-state index is 13.7. The van der Waals surface area contributed by atoms with Crippen LogP contribution in [0.3, 0.4) is 0 Å². The first-order chi connectivity index (χ1) is 15.9. The van der Waals surface area contributed by atoms with Crippen molar-refractivity contribution in [2.45, 2.75) is 27.3 Å². The maximum Gasteiger partial charge on any atom is 0.282 e. The van der Waals surface area contributed by atoms with Crippen LogP contribution in [0.15, 0.2) is 78.5 Å². The van der Waals surface area contributed by atoms with Gasteiger partial charge in [-0.15, -0.1) is 0 Å². The largest absolute Gasteiger partial charge is 0.494 e. The minimum absolute atomic E-state index is 0.311. The Hall–Kier alpha value is -3.86. The van der Waals surface area contributed by atoms with Crippen LogP contribution in [0.2, 0.25) is 0 Å². The summed E-state index contributed by atoms with van der Waals surface area (Å²) in [4.78, 5) is 30.6. The Morgan fingerprint density at radius 1 is 0.879 bits per heavy atom. The van der Waals surface area contributed by atoms with Crippen LogP contribution in [0.25, 0.3) is 5.57 Å². The van der Waals surface area contributed by atoms with Crippen molar-refractivity contribution >= 4 is 23.1 Å². The molecule has 0 spiro atoms. The predicted octanol–water partition coefficient (Wildman–Crippen LogP) is 5.12. The van der Waals surface area contributed by atoms with E-state index in [1.165, 1.54) is 4.90 Å². The molecule has 33 heavy (non-hydrogen) atoms. The number of aryl methyl sites for hydroxylation is 2. The third kappa shape index (κ3) is 4.40. The number of anilines is 1. The first-order valence-corrected chi connectivity index (χ1v) is 11.1. The summed E-state index contributed by atoms with van der Waals surface area (Å²) in [5.41, 5.74) is 5.13. The normalized spacial score (nSPS) is 13.6. The highest BCUT2D eigenvalue weighted by Crippen LogP contribution is 2.36. The van der Waals surface area contributed by atoms with Crippen molar-refractivity contribution in [3.05, 3.63) is 101 Å². The molecular weight excluding hydrogens is 412 g/mol. The molecule has 0 saturated carbocycles. The second-order valence-corrected chi connectivity index (χ2v) is 8.26. The van der Waals surface area contributed by atoms with Gasteiger partial charge >= 0.3 is 0 Å². The highest BCUT2D eigenvalue weighted by Gasteiger charge is 2.42. The van der Waals surface area contributed by atoms with Gasteiger partial charge in [0.1, 0.15) is 11.4 Å². The fraction of sp³-hybridized carbons (Fsp3) is 0.214. The fourth-order valence-electron chi connectivity index (χ4n) is 4.23. The van der Waals surface area contributed by atoms with Gasteiger partial charge in [0.15, 0.2) is 0 Å². The van der Waals surface area contributed by atoms with Gasteiger partial charge in [-0.05, 0) is 55.7 Å². The molecule has 1 aliphatic heterocycles. The molecule has 0 bridgehead atoms. The van der Waals surface area contributed by atoms with Crippen LogP contribution in [0.4, 0.5) is 5.69 Å². The number of benzene rings is 3. The van der Waals surface area contributed by atoms with Gasteiger partial charge in [0, 0.05) is 13.6 Å². The predicted molar refractivity (Wildman–Crippen MR) is 131 cm³/mol. The van der Waals surface area contributed by atoms with Crippen molar-refractivity contribution in [3.63, 3.8) is 0 Å². The standard InChI is InChI=1S/C28H28N2O3/c1-5-33-23-14-12-22(13-15-23)25-26(29(4)18-21-9-7-6-8-10-21)28(32)30(27(25)31)24-16-11-19(2)17-20(24)3/h6-17H,5,18H2,1-4H3. The lowest BCUT2D eigenvalue weighted by molar-refractivity contribution is -0.120. The Bertz CT molecular complexity index is 1210. The van der Waals surface area contributed by atoms with E-state index in [1.807, 2.05) is 106 Å². The Balaban J connectivity index is 1.79. The Kier molecular flexibility index (Phi) is 6.31. The van der Waals surface area contributed by atoms with Gasteiger partial charge < -0.3 is 9.64 Å². The number of hydrogen-bond donors (Lipinski definition) is 0. The number of carbonyl (C=O) groups is 2. The first-order valence-electron chi connectivity index (χ1n) is 11.1. The van der Waals surface area contributed by atoms with Crippen molar-refractivity contribution in [1.82, 2.24) is 4.90 Å². The third-order valence-electron chi connectivity index (χ3n) is 5.75. The third-order valence-corrected chi connectivity index (χ3v) is 5.75. The number of likely N-dealkylation sites (N-methyl/N-ethyl adjacent to an activating group) is 1. The summed E-state index contributed by atoms with van der Waals surface area (Å²) < 4.78 is 5.55. The van der Waals surface area contributed by atoms with E-state index in [4.69, 9.17) is 4.74 Å². The van der Waals surface area contributed by atoms with Crippen LogP contribution in [-0.4, -0.2) is 30.4 Å². The summed E-state index contributed by atoms with van der Waals surface area (Å²) in [5.74, 6) is 0.101. The smallest absolute Gasteiger partial charge is 0.282 e. The van der Waals surface area contributed by atoms with Crippen molar-refractivity contribution in [2.24, 2.45) is 0 Å². The van der Waals surface area contributed by atoms with E-state index in [0.717, 1.165) is 22.4 Å². The van der Waals surface area contributed by atoms with E-state index < -0.39 is 0 Å². The zero-order valence-corrected chi connectivity index (χ0v) is 19.5. The Morgan fingerprint density at radius 2 is 1.58 bits per heavy atom. The second-order valence-electron chi connectivity index (χ2n) is 8.26. The number of imide groups is 1. The molecule has 168 valence electrons. The molecule has 1 aliphatic rings. The fourth-order valence-corrected chi connectivity index (χ4v) is 4.23. The van der Waals surface area contributed by atoms with Crippen LogP contribution in [0.5, 0.6) is 5.75 Å². The number of amides is 2. The molecule has 0 saturated heterocycles. The molecule has 5 nitrogen and oxygen atoms in total. The summed E-state index contributed by atoms with van der Waals surface area (Å²) in [7, 11) is 1.85. The van der Waals surface area contributed by atoms with Gasteiger partial charge in [-0.25, -0.2) is 4.90 Å². The molecule has 0 aromatic heterocycles. The summed E-state index contributed by atoms with van der Waals surface area (Å²) in [6, 6.07) is 23.0. The van der Waals surface area contributed by atoms with Crippen molar-refractivity contribution in [2.75, 3.05) is 18.6 Å². The van der Waals surface area contributed by atoms with Crippen LogP contribution < -0.4 is 9.64 Å². The number of rotatable bonds is 7. The Labute approximate surface area is 194 Å². The number of carbonyl (C=O) groups excluding carboxylic acids is 2. The minimum atomic E-state index is -0.314. The summed E-state index contributed by atoms with van der Waals surface area (Å²) in [5, 5.41) is 0. The molecule has 0 aliphatic carbocycles. The average Bonchev–Trinajstić information content (AvgIpc) is 3.05. The second kappa shape index (κ2) is 9.33. The van der Waals surface area contributed by atoms with Crippen molar-refractivity contribution in [1.29, 1.82) is 0 Å². The number of nitrogens with zero attached hydrogens (tertiary/aromatic N) is 2. The van der Waals surface area contributed by atoms with Crippen molar-refractivity contribution < 1.29 is 14.3 Å². The molecule has 0 N–H and O–H groups in total. The lowest BCUT2D eigenvalue weighted by Crippen LogP contribution is -2.34. The van der Waals surface area contributed by atoms with Crippen LogP contribution in [-0.2, 0) is 16.1 Å². The highest BCUT2D eigenvalue weighted by atomic mass is 16.5. The lowest BCUT2D eigenvalue weighted by Gasteiger charge is -2.22. The van der Waals surface area contributed by atoms with Crippen LogP contribution in [0, 0.1) is 13.8 Å². The van der Waals surface area contributed by atoms with E-state index in [0.29, 0.717) is 35.7 Å². The minimum Gasteiger partial charge on any atom is -0.494 e. The summed E-state index contributed by atoms with van der Waals surface area (Å²) in [6.45, 7) is 6.91. The van der Waals surface area contributed by atoms with E-state index in [-0.39, 0.29) is 11.8 Å². The van der Waals surface area contributed by atoms with E-state index in [2.05, 4.69) is 0 Å². The Morgan fingerprint density at radius 3 is 2.21 bits per heavy atom. The molecule has 2 amide bonds. The van der Waals surface area contributed by atoms with Crippen LogP contribution >= 0.6 is 0 Å². The van der Waals surface area contributed by atoms with E-state index in [9.17, 15) is 9.59 Å². The summed E-state index contributed by atoms with van der Waals surface area (Å²) in [6.07, 6.45) is 0. The molecule has 0 fully saturated rings. The van der Waals surface area contributed by atoms with Gasteiger partial charge in [0.2, 0.25) is 0 Å². The van der Waals surface area contributed by atoms with Gasteiger partial charge in [-0.2, -0.15) is 0 Å². The molecule has 0 unspecified atom stereocenters. The van der Waals surface area contributed by atoms with Crippen molar-refractivity contribution in [3.8, 4) is 5.75 Å². The molecule has 0 radical (unpaired) electrons. The van der Waals surface area contributed by atoms with Gasteiger partial charge in [-0.1, -0.05) is 60.2 Å². The number of ether oxygens (including phenoxy) is 1. The van der Waals surface area contributed by atoms with E-state index in [1.54, 1.807) is 0 Å². The first kappa shape index (κ1) is 22.3. The van der Waals surface area contributed by atoms with Gasteiger partial charge in [0.25, 0.3) is 11.8 Å². The van der Waals surface area contributed by atoms with Crippen LogP contribution in [0.1, 0.15) is 29.2 Å².